The second kappa shape index (κ2) is 6.76. The van der Waals surface area contributed by atoms with Gasteiger partial charge in [-0.3, -0.25) is 4.68 Å². The Kier molecular flexibility index (Phi) is 5.03. The average Bonchev–Trinajstić information content (AvgIpc) is 3.00. The normalized spacial score (nSPS) is 13.8. The van der Waals surface area contributed by atoms with Crippen molar-refractivity contribution in [1.82, 2.24) is 20.4 Å². The van der Waals surface area contributed by atoms with Crippen LogP contribution in [0.25, 0.3) is 0 Å². The molecule has 2 rings (SSSR count). The van der Waals surface area contributed by atoms with Crippen LogP contribution >= 0.6 is 22.9 Å². The zero-order valence-electron chi connectivity index (χ0n) is 11.3. The minimum atomic E-state index is -0.193. The summed E-state index contributed by atoms with van der Waals surface area (Å²) < 4.78 is 2.51. The lowest BCUT2D eigenvalue weighted by Crippen LogP contribution is -2.43. The van der Waals surface area contributed by atoms with E-state index in [2.05, 4.69) is 15.7 Å². The molecule has 20 heavy (non-hydrogen) atoms. The molecule has 0 aliphatic rings. The van der Waals surface area contributed by atoms with E-state index in [9.17, 15) is 4.79 Å². The first-order chi connectivity index (χ1) is 9.54. The van der Waals surface area contributed by atoms with Crippen molar-refractivity contribution in [3.63, 3.8) is 0 Å². The van der Waals surface area contributed by atoms with Crippen molar-refractivity contribution in [2.24, 2.45) is 0 Å². The Balaban J connectivity index is 1.80. The molecule has 0 saturated carbocycles. The fourth-order valence-corrected chi connectivity index (χ4v) is 2.89. The molecular weight excluding hydrogens is 296 g/mol. The Morgan fingerprint density at radius 3 is 2.85 bits per heavy atom. The van der Waals surface area contributed by atoms with Gasteiger partial charge in [0.2, 0.25) is 0 Å². The van der Waals surface area contributed by atoms with Crippen LogP contribution in [0.2, 0.25) is 4.34 Å². The van der Waals surface area contributed by atoms with Gasteiger partial charge in [-0.15, -0.1) is 11.3 Å². The van der Waals surface area contributed by atoms with E-state index in [0.717, 1.165) is 9.21 Å². The lowest BCUT2D eigenvalue weighted by Gasteiger charge is -2.17. The van der Waals surface area contributed by atoms with E-state index in [-0.39, 0.29) is 18.1 Å². The summed E-state index contributed by atoms with van der Waals surface area (Å²) >= 11 is 7.35. The fourth-order valence-electron chi connectivity index (χ4n) is 1.83. The number of nitrogens with one attached hydrogen (secondary N) is 2. The number of thiophene rings is 1. The van der Waals surface area contributed by atoms with Gasteiger partial charge >= 0.3 is 6.03 Å². The van der Waals surface area contributed by atoms with Gasteiger partial charge in [0.1, 0.15) is 0 Å². The largest absolute Gasteiger partial charge is 0.334 e. The van der Waals surface area contributed by atoms with Gasteiger partial charge in [0.25, 0.3) is 0 Å². The first kappa shape index (κ1) is 14.9. The number of hydrogen-bond donors (Lipinski definition) is 2. The summed E-state index contributed by atoms with van der Waals surface area (Å²) in [4.78, 5) is 12.9. The summed E-state index contributed by atoms with van der Waals surface area (Å²) in [5.74, 6) is 0. The number of carbonyl (C=O) groups excluding carboxylic acids is 1. The Labute approximate surface area is 126 Å². The number of nitrogens with zero attached hydrogens (tertiary/aromatic N) is 2. The van der Waals surface area contributed by atoms with Gasteiger partial charge in [0.05, 0.1) is 16.9 Å². The molecular formula is C13H17ClN4OS. The van der Waals surface area contributed by atoms with Gasteiger partial charge in [-0.25, -0.2) is 4.79 Å². The molecule has 0 aliphatic heterocycles. The molecule has 2 aromatic heterocycles. The van der Waals surface area contributed by atoms with Crippen molar-refractivity contribution >= 4 is 29.0 Å². The topological polar surface area (TPSA) is 59.0 Å². The van der Waals surface area contributed by atoms with Gasteiger partial charge in [0, 0.05) is 23.3 Å². The number of halogens is 1. The highest BCUT2D eigenvalue weighted by molar-refractivity contribution is 7.16. The van der Waals surface area contributed by atoms with E-state index < -0.39 is 0 Å². The lowest BCUT2D eigenvalue weighted by atomic mass is 10.3. The predicted octanol–water partition coefficient (Wildman–Crippen LogP) is 3.05. The summed E-state index contributed by atoms with van der Waals surface area (Å²) in [7, 11) is 0. The molecule has 7 heteroatoms. The molecule has 2 N–H and O–H groups in total. The smallest absolute Gasteiger partial charge is 0.315 e. The number of carbonyl (C=O) groups is 1. The molecule has 0 fully saturated rings. The summed E-state index contributed by atoms with van der Waals surface area (Å²) in [6.07, 6.45) is 3.59. The minimum absolute atomic E-state index is 0.00553. The van der Waals surface area contributed by atoms with E-state index >= 15 is 0 Å². The van der Waals surface area contributed by atoms with Crippen molar-refractivity contribution in [3.05, 3.63) is 39.8 Å². The van der Waals surface area contributed by atoms with Crippen LogP contribution in [-0.2, 0) is 6.54 Å². The van der Waals surface area contributed by atoms with E-state index in [1.807, 2.05) is 38.2 Å². The molecule has 0 spiro atoms. The first-order valence-electron chi connectivity index (χ1n) is 6.34. The SMILES string of the molecule is C[C@H](Cn1cccn1)NC(=O)N[C@@H](C)c1ccc(Cl)s1. The summed E-state index contributed by atoms with van der Waals surface area (Å²) in [5, 5.41) is 9.89. The zero-order chi connectivity index (χ0) is 14.5. The molecule has 5 nitrogen and oxygen atoms in total. The maximum absolute atomic E-state index is 11.9. The van der Waals surface area contributed by atoms with Crippen LogP contribution in [0.1, 0.15) is 24.8 Å². The van der Waals surface area contributed by atoms with Crippen LogP contribution in [0.3, 0.4) is 0 Å². The predicted molar refractivity (Wildman–Crippen MR) is 81.1 cm³/mol. The molecule has 2 atom stereocenters. The standard InChI is InChI=1S/C13H17ClN4OS/c1-9(8-18-7-3-6-15-18)16-13(19)17-10(2)11-4-5-12(14)20-11/h3-7,9-10H,8H2,1-2H3,(H2,16,17,19)/t9-,10+/m1/s1. The second-order valence-electron chi connectivity index (χ2n) is 4.61. The molecule has 0 aliphatic carbocycles. The lowest BCUT2D eigenvalue weighted by molar-refractivity contribution is 0.233. The Morgan fingerprint density at radius 1 is 1.45 bits per heavy atom. The van der Waals surface area contributed by atoms with Crippen molar-refractivity contribution < 1.29 is 4.79 Å². The van der Waals surface area contributed by atoms with Gasteiger partial charge in [-0.05, 0) is 32.0 Å². The Morgan fingerprint density at radius 2 is 2.25 bits per heavy atom. The quantitative estimate of drug-likeness (QED) is 0.891. The first-order valence-corrected chi connectivity index (χ1v) is 7.53. The van der Waals surface area contributed by atoms with Crippen molar-refractivity contribution in [3.8, 4) is 0 Å². The average molecular weight is 313 g/mol. The third-order valence-corrected chi connectivity index (χ3v) is 4.18. The molecule has 0 aromatic carbocycles. The minimum Gasteiger partial charge on any atom is -0.334 e. The van der Waals surface area contributed by atoms with Crippen LogP contribution < -0.4 is 10.6 Å². The maximum Gasteiger partial charge on any atom is 0.315 e. The molecule has 108 valence electrons. The molecule has 0 saturated heterocycles. The number of hydrogen-bond acceptors (Lipinski definition) is 3. The van der Waals surface area contributed by atoms with Gasteiger partial charge < -0.3 is 10.6 Å². The highest BCUT2D eigenvalue weighted by atomic mass is 35.5. The monoisotopic (exact) mass is 312 g/mol. The molecule has 2 aromatic rings. The summed E-state index contributed by atoms with van der Waals surface area (Å²) in [6.45, 7) is 4.51. The van der Waals surface area contributed by atoms with Crippen molar-refractivity contribution in [1.29, 1.82) is 0 Å². The van der Waals surface area contributed by atoms with Crippen LogP contribution in [0, 0.1) is 0 Å². The highest BCUT2D eigenvalue weighted by Gasteiger charge is 2.13. The zero-order valence-corrected chi connectivity index (χ0v) is 12.9. The van der Waals surface area contributed by atoms with Crippen LogP contribution in [0.4, 0.5) is 4.79 Å². The van der Waals surface area contributed by atoms with Gasteiger partial charge in [-0.2, -0.15) is 5.10 Å². The Bertz CT molecular complexity index is 554. The van der Waals surface area contributed by atoms with E-state index in [1.165, 1.54) is 11.3 Å². The summed E-state index contributed by atoms with van der Waals surface area (Å²) in [5.41, 5.74) is 0. The van der Waals surface area contributed by atoms with Crippen LogP contribution in [0.15, 0.2) is 30.6 Å². The van der Waals surface area contributed by atoms with E-state index in [0.29, 0.717) is 6.54 Å². The maximum atomic E-state index is 11.9. The molecule has 0 bridgehead atoms. The van der Waals surface area contributed by atoms with Crippen LogP contribution in [-0.4, -0.2) is 21.9 Å². The highest BCUT2D eigenvalue weighted by Crippen LogP contribution is 2.26. The summed E-state index contributed by atoms with van der Waals surface area (Å²) in [6, 6.07) is 5.35. The molecule has 2 amide bonds. The number of amides is 2. The third-order valence-electron chi connectivity index (χ3n) is 2.77. The van der Waals surface area contributed by atoms with Gasteiger partial charge in [-0.1, -0.05) is 11.6 Å². The number of aromatic nitrogens is 2. The number of rotatable bonds is 5. The van der Waals surface area contributed by atoms with Crippen LogP contribution in [0.5, 0.6) is 0 Å². The molecule has 0 radical (unpaired) electrons. The van der Waals surface area contributed by atoms with E-state index in [1.54, 1.807) is 10.9 Å². The molecule has 0 unspecified atom stereocenters. The molecule has 2 heterocycles. The third kappa shape index (κ3) is 4.25. The Hall–Kier alpha value is -1.53. The van der Waals surface area contributed by atoms with Crippen molar-refractivity contribution in [2.45, 2.75) is 32.5 Å². The second-order valence-corrected chi connectivity index (χ2v) is 6.36. The van der Waals surface area contributed by atoms with Gasteiger partial charge in [0.15, 0.2) is 0 Å². The number of urea groups is 1. The fraction of sp³-hybridized carbons (Fsp3) is 0.385. The van der Waals surface area contributed by atoms with Crippen molar-refractivity contribution in [2.75, 3.05) is 0 Å². The van der Waals surface area contributed by atoms with E-state index in [4.69, 9.17) is 11.6 Å².